The molecule has 0 atom stereocenters. The van der Waals surface area contributed by atoms with E-state index in [0.29, 0.717) is 11.4 Å². The molecular weight excluding hydrogens is 378 g/mol. The summed E-state index contributed by atoms with van der Waals surface area (Å²) in [6.45, 7) is 1.24. The lowest BCUT2D eigenvalue weighted by molar-refractivity contribution is -0.385. The minimum Gasteiger partial charge on any atom is -0.477 e. The largest absolute Gasteiger partial charge is 0.477 e. The predicted octanol–water partition coefficient (Wildman–Crippen LogP) is 1.91. The number of nitro benzene ring substituents is 1. The molecule has 0 bridgehead atoms. The van der Waals surface area contributed by atoms with Gasteiger partial charge in [0, 0.05) is 11.8 Å². The smallest absolute Gasteiger partial charge is 0.310 e. The Hall–Kier alpha value is -4.21. The van der Waals surface area contributed by atoms with Crippen LogP contribution in [0.15, 0.2) is 64.5 Å². The van der Waals surface area contributed by atoms with Crippen molar-refractivity contribution in [3.05, 3.63) is 86.3 Å². The van der Waals surface area contributed by atoms with Crippen LogP contribution in [-0.2, 0) is 4.79 Å². The van der Waals surface area contributed by atoms with E-state index >= 15 is 0 Å². The number of nitrogens with zero attached hydrogens (tertiary/aromatic N) is 3. The summed E-state index contributed by atoms with van der Waals surface area (Å²) in [5.41, 5.74) is 3.20. The molecule has 3 aromatic rings. The standard InChI is InChI=1S/C19H17N5O5/c1-13-15(19(26)23(22-13)14-7-3-2-4-8-14)11-20-21-18(25)12-29-17-10-6-5-9-16(17)24(27)28/h2-11,22H,12H2,1H3,(H,21,25)/b20-11-. The molecule has 10 heteroatoms. The van der Waals surface area contributed by atoms with Gasteiger partial charge in [0.05, 0.1) is 22.4 Å². The predicted molar refractivity (Wildman–Crippen MR) is 105 cm³/mol. The van der Waals surface area contributed by atoms with Crippen LogP contribution in [0.25, 0.3) is 5.69 Å². The highest BCUT2D eigenvalue weighted by Gasteiger charge is 2.15. The number of carbonyl (C=O) groups is 1. The summed E-state index contributed by atoms with van der Waals surface area (Å²) in [4.78, 5) is 34.7. The average Bonchev–Trinajstić information content (AvgIpc) is 3.01. The van der Waals surface area contributed by atoms with Crippen molar-refractivity contribution in [1.29, 1.82) is 0 Å². The third-order valence-electron chi connectivity index (χ3n) is 3.94. The minimum atomic E-state index is -0.629. The number of hydrazone groups is 1. The number of H-pyrrole nitrogens is 1. The van der Waals surface area contributed by atoms with Crippen molar-refractivity contribution < 1.29 is 14.5 Å². The summed E-state index contributed by atoms with van der Waals surface area (Å²) in [6.07, 6.45) is 1.23. The summed E-state index contributed by atoms with van der Waals surface area (Å²) in [7, 11) is 0. The summed E-state index contributed by atoms with van der Waals surface area (Å²) >= 11 is 0. The van der Waals surface area contributed by atoms with Gasteiger partial charge in [0.25, 0.3) is 11.5 Å². The topological polar surface area (TPSA) is 132 Å². The number of hydrogen-bond acceptors (Lipinski definition) is 6. The van der Waals surface area contributed by atoms with E-state index in [1.165, 1.54) is 29.1 Å². The van der Waals surface area contributed by atoms with Gasteiger partial charge in [-0.3, -0.25) is 24.8 Å². The second-order valence-corrected chi connectivity index (χ2v) is 5.93. The number of benzene rings is 2. The van der Waals surface area contributed by atoms with Crippen LogP contribution in [0.5, 0.6) is 5.75 Å². The highest BCUT2D eigenvalue weighted by atomic mass is 16.6. The third-order valence-corrected chi connectivity index (χ3v) is 3.94. The number of amides is 1. The molecule has 1 aromatic heterocycles. The third kappa shape index (κ3) is 4.56. The number of nitro groups is 1. The summed E-state index contributed by atoms with van der Waals surface area (Å²) in [5, 5.41) is 17.6. The Bertz CT molecular complexity index is 1120. The van der Waals surface area contributed by atoms with E-state index in [2.05, 4.69) is 15.6 Å². The fourth-order valence-corrected chi connectivity index (χ4v) is 2.54. The second kappa shape index (κ2) is 8.65. The molecule has 2 aromatic carbocycles. The van der Waals surface area contributed by atoms with Crippen molar-refractivity contribution in [2.75, 3.05) is 6.61 Å². The molecule has 0 fully saturated rings. The first-order valence-electron chi connectivity index (χ1n) is 8.52. The molecule has 0 spiro atoms. The lowest BCUT2D eigenvalue weighted by atomic mass is 10.3. The van der Waals surface area contributed by atoms with Crippen LogP contribution in [0.1, 0.15) is 11.3 Å². The van der Waals surface area contributed by atoms with Crippen molar-refractivity contribution >= 4 is 17.8 Å². The van der Waals surface area contributed by atoms with Crippen molar-refractivity contribution in [3.8, 4) is 11.4 Å². The number of ether oxygens (including phenoxy) is 1. The second-order valence-electron chi connectivity index (χ2n) is 5.93. The Morgan fingerprint density at radius 1 is 1.24 bits per heavy atom. The lowest BCUT2D eigenvalue weighted by Crippen LogP contribution is -2.25. The van der Waals surface area contributed by atoms with Gasteiger partial charge in [0.1, 0.15) is 0 Å². The van der Waals surface area contributed by atoms with Crippen molar-refractivity contribution in [3.63, 3.8) is 0 Å². The number of carbonyl (C=O) groups excluding carboxylic acids is 1. The van der Waals surface area contributed by atoms with Gasteiger partial charge in [-0.25, -0.2) is 10.1 Å². The first-order valence-corrected chi connectivity index (χ1v) is 8.52. The fourth-order valence-electron chi connectivity index (χ4n) is 2.54. The number of hydrogen-bond donors (Lipinski definition) is 2. The lowest BCUT2D eigenvalue weighted by Gasteiger charge is -2.05. The molecule has 0 aliphatic heterocycles. The zero-order valence-electron chi connectivity index (χ0n) is 15.4. The minimum absolute atomic E-state index is 0.0242. The normalized spacial score (nSPS) is 10.8. The fraction of sp³-hybridized carbons (Fsp3) is 0.105. The molecule has 148 valence electrons. The Morgan fingerprint density at radius 2 is 1.93 bits per heavy atom. The number of aryl methyl sites for hydroxylation is 1. The van der Waals surface area contributed by atoms with Gasteiger partial charge in [-0.05, 0) is 25.1 Å². The van der Waals surface area contributed by atoms with Gasteiger partial charge >= 0.3 is 5.69 Å². The van der Waals surface area contributed by atoms with E-state index in [1.54, 1.807) is 25.1 Å². The molecule has 1 heterocycles. The Kier molecular flexibility index (Phi) is 5.83. The zero-order chi connectivity index (χ0) is 20.8. The van der Waals surface area contributed by atoms with Gasteiger partial charge in [-0.2, -0.15) is 5.10 Å². The summed E-state index contributed by atoms with van der Waals surface area (Å²) in [5.74, 6) is -0.653. The molecule has 3 rings (SSSR count). The van der Waals surface area contributed by atoms with E-state index < -0.39 is 17.4 Å². The van der Waals surface area contributed by atoms with Gasteiger partial charge < -0.3 is 4.74 Å². The van der Waals surface area contributed by atoms with Crippen LogP contribution in [-0.4, -0.2) is 33.4 Å². The first kappa shape index (κ1) is 19.5. The van der Waals surface area contributed by atoms with Crippen LogP contribution in [0.4, 0.5) is 5.69 Å². The number of aromatic amines is 1. The molecule has 0 saturated carbocycles. The van der Waals surface area contributed by atoms with E-state index in [-0.39, 0.29) is 22.6 Å². The monoisotopic (exact) mass is 395 g/mol. The quantitative estimate of drug-likeness (QED) is 0.358. The first-order chi connectivity index (χ1) is 14.0. The average molecular weight is 395 g/mol. The number of rotatable bonds is 7. The Balaban J connectivity index is 1.63. The highest BCUT2D eigenvalue weighted by Crippen LogP contribution is 2.25. The van der Waals surface area contributed by atoms with Crippen LogP contribution in [0.3, 0.4) is 0 Å². The molecular formula is C19H17N5O5. The Labute approximate surface area is 164 Å². The highest BCUT2D eigenvalue weighted by molar-refractivity contribution is 5.83. The van der Waals surface area contributed by atoms with Gasteiger partial charge in [-0.1, -0.05) is 30.3 Å². The van der Waals surface area contributed by atoms with E-state index in [9.17, 15) is 19.7 Å². The SMILES string of the molecule is Cc1[nH]n(-c2ccccc2)c(=O)c1/C=N\NC(=O)COc1ccccc1[N+](=O)[O-]. The Morgan fingerprint density at radius 3 is 2.66 bits per heavy atom. The maximum absolute atomic E-state index is 12.5. The maximum atomic E-state index is 12.5. The summed E-state index contributed by atoms with van der Waals surface area (Å²) in [6, 6.07) is 14.7. The van der Waals surface area contributed by atoms with E-state index in [4.69, 9.17) is 4.74 Å². The van der Waals surface area contributed by atoms with Crippen LogP contribution < -0.4 is 15.7 Å². The molecule has 0 unspecified atom stereocenters. The summed E-state index contributed by atoms with van der Waals surface area (Å²) < 4.78 is 6.54. The van der Waals surface area contributed by atoms with Crippen molar-refractivity contribution in [2.24, 2.45) is 5.10 Å². The van der Waals surface area contributed by atoms with E-state index in [1.807, 2.05) is 18.2 Å². The van der Waals surface area contributed by atoms with Crippen molar-refractivity contribution in [1.82, 2.24) is 15.2 Å². The molecule has 1 amide bonds. The van der Waals surface area contributed by atoms with Crippen LogP contribution in [0, 0.1) is 17.0 Å². The van der Waals surface area contributed by atoms with Gasteiger partial charge in [0.15, 0.2) is 12.4 Å². The van der Waals surface area contributed by atoms with Crippen molar-refractivity contribution in [2.45, 2.75) is 6.92 Å². The molecule has 0 aliphatic carbocycles. The molecule has 0 aliphatic rings. The van der Waals surface area contributed by atoms with Gasteiger partial charge in [-0.15, -0.1) is 0 Å². The molecule has 2 N–H and O–H groups in total. The number of aromatic nitrogens is 2. The molecule has 0 radical (unpaired) electrons. The molecule has 10 nitrogen and oxygen atoms in total. The van der Waals surface area contributed by atoms with Crippen LogP contribution in [0.2, 0.25) is 0 Å². The number of para-hydroxylation sites is 3. The zero-order valence-corrected chi connectivity index (χ0v) is 15.4. The van der Waals surface area contributed by atoms with E-state index in [0.717, 1.165) is 0 Å². The van der Waals surface area contributed by atoms with Gasteiger partial charge in [0.2, 0.25) is 0 Å². The molecule has 29 heavy (non-hydrogen) atoms. The number of nitrogens with one attached hydrogen (secondary N) is 2. The maximum Gasteiger partial charge on any atom is 0.310 e. The molecule has 0 saturated heterocycles. The van der Waals surface area contributed by atoms with Crippen LogP contribution >= 0.6 is 0 Å².